The maximum absolute atomic E-state index is 12.9. The van der Waals surface area contributed by atoms with Crippen molar-refractivity contribution in [2.45, 2.75) is 46.6 Å². The van der Waals surface area contributed by atoms with Gasteiger partial charge in [-0.2, -0.15) is 5.10 Å². The Morgan fingerprint density at radius 1 is 1.28 bits per heavy atom. The van der Waals surface area contributed by atoms with Crippen LogP contribution in [0.25, 0.3) is 0 Å². The molecule has 3 rings (SSSR count). The first-order valence-electron chi connectivity index (χ1n) is 10.8. The topological polar surface area (TPSA) is 91.6 Å². The maximum atomic E-state index is 12.9. The zero-order valence-corrected chi connectivity index (χ0v) is 22.7. The van der Waals surface area contributed by atoms with E-state index in [1.54, 1.807) is 0 Å². The molecule has 2 aromatic rings. The molecule has 0 bridgehead atoms. The van der Waals surface area contributed by atoms with Gasteiger partial charge in [-0.05, 0) is 57.7 Å². The average molecular weight is 575 g/mol. The third-order valence-electron chi connectivity index (χ3n) is 5.70. The molecule has 0 radical (unpaired) electrons. The number of benzene rings is 1. The second kappa shape index (κ2) is 11.4. The van der Waals surface area contributed by atoms with Crippen LogP contribution in [-0.4, -0.2) is 55.6 Å². The summed E-state index contributed by atoms with van der Waals surface area (Å²) in [5, 5.41) is 11.1. The largest absolute Gasteiger partial charge is 0.357 e. The fourth-order valence-corrected chi connectivity index (χ4v) is 5.39. The minimum absolute atomic E-state index is 0. The number of para-hydroxylation sites is 1. The Labute approximate surface area is 208 Å². The van der Waals surface area contributed by atoms with Gasteiger partial charge in [0, 0.05) is 31.9 Å². The van der Waals surface area contributed by atoms with E-state index >= 15 is 0 Å². The van der Waals surface area contributed by atoms with Crippen LogP contribution in [0.5, 0.6) is 0 Å². The molecule has 0 saturated heterocycles. The Morgan fingerprint density at radius 3 is 2.66 bits per heavy atom. The van der Waals surface area contributed by atoms with Gasteiger partial charge in [-0.3, -0.25) is 14.0 Å². The van der Waals surface area contributed by atoms with Gasteiger partial charge >= 0.3 is 0 Å². The Morgan fingerprint density at radius 2 is 2.00 bits per heavy atom. The summed E-state index contributed by atoms with van der Waals surface area (Å²) in [7, 11) is -1.46. The highest BCUT2D eigenvalue weighted by atomic mass is 127. The number of nitrogens with one attached hydrogen (secondary N) is 2. The highest BCUT2D eigenvalue weighted by Crippen LogP contribution is 2.29. The van der Waals surface area contributed by atoms with E-state index in [1.807, 2.05) is 49.8 Å². The number of rotatable bonds is 8. The molecule has 0 fully saturated rings. The number of nitrogens with zero attached hydrogens (tertiary/aromatic N) is 4. The van der Waals surface area contributed by atoms with Gasteiger partial charge in [0.15, 0.2) is 5.96 Å². The summed E-state index contributed by atoms with van der Waals surface area (Å²) < 4.78 is 29.2. The number of hydrogen-bond donors (Lipinski definition) is 2. The zero-order chi connectivity index (χ0) is 22.6. The minimum Gasteiger partial charge on any atom is -0.357 e. The van der Waals surface area contributed by atoms with E-state index in [0.29, 0.717) is 19.0 Å². The summed E-state index contributed by atoms with van der Waals surface area (Å²) in [5.74, 6) is 0.610. The Hall–Kier alpha value is -1.82. The van der Waals surface area contributed by atoms with Gasteiger partial charge in [0.2, 0.25) is 10.0 Å². The average Bonchev–Trinajstić information content (AvgIpc) is 3.25. The van der Waals surface area contributed by atoms with Gasteiger partial charge in [0.05, 0.1) is 23.7 Å². The van der Waals surface area contributed by atoms with Crippen molar-refractivity contribution in [1.29, 1.82) is 0 Å². The molecular formula is C22H35IN6O2S. The molecule has 0 amide bonds. The van der Waals surface area contributed by atoms with E-state index in [1.165, 1.54) is 9.87 Å². The van der Waals surface area contributed by atoms with Crippen molar-refractivity contribution in [3.8, 4) is 0 Å². The van der Waals surface area contributed by atoms with Crippen molar-refractivity contribution in [1.82, 2.24) is 20.4 Å². The molecule has 2 heterocycles. The predicted molar refractivity (Wildman–Crippen MR) is 142 cm³/mol. The van der Waals surface area contributed by atoms with Crippen LogP contribution in [0.2, 0.25) is 0 Å². The van der Waals surface area contributed by atoms with E-state index in [9.17, 15) is 8.42 Å². The summed E-state index contributed by atoms with van der Waals surface area (Å²) >= 11 is 0. The standard InChI is InChI=1S/C22H34N6O2S.HI/c1-6-23-22(25-16(2)15-20-17(3)26-27(5)18(20)4)24-12-14-31(29,30)28-13-11-19-9-7-8-10-21(19)28;/h7-10,16H,6,11-15H2,1-5H3,(H2,23,24,25);1H. The van der Waals surface area contributed by atoms with E-state index < -0.39 is 10.0 Å². The van der Waals surface area contributed by atoms with Gasteiger partial charge in [-0.1, -0.05) is 18.2 Å². The first-order valence-corrected chi connectivity index (χ1v) is 12.5. The number of guanidine groups is 1. The van der Waals surface area contributed by atoms with E-state index in [4.69, 9.17) is 0 Å². The molecule has 32 heavy (non-hydrogen) atoms. The van der Waals surface area contributed by atoms with Crippen LogP contribution < -0.4 is 14.9 Å². The third kappa shape index (κ3) is 6.15. The monoisotopic (exact) mass is 574 g/mol. The highest BCUT2D eigenvalue weighted by molar-refractivity contribution is 14.0. The van der Waals surface area contributed by atoms with E-state index in [2.05, 4.69) is 34.6 Å². The van der Waals surface area contributed by atoms with Crippen molar-refractivity contribution in [2.24, 2.45) is 12.0 Å². The normalized spacial score (nSPS) is 14.7. The van der Waals surface area contributed by atoms with Crippen molar-refractivity contribution in [2.75, 3.05) is 29.7 Å². The first-order chi connectivity index (χ1) is 14.7. The Bertz CT molecular complexity index is 1050. The third-order valence-corrected chi connectivity index (χ3v) is 7.45. The number of aryl methyl sites for hydroxylation is 2. The van der Waals surface area contributed by atoms with Gasteiger partial charge in [-0.15, -0.1) is 24.0 Å². The minimum atomic E-state index is -3.41. The maximum Gasteiger partial charge on any atom is 0.237 e. The molecule has 1 unspecified atom stereocenters. The van der Waals surface area contributed by atoms with E-state index in [-0.39, 0.29) is 42.3 Å². The quantitative estimate of drug-likeness (QED) is 0.288. The lowest BCUT2D eigenvalue weighted by atomic mass is 10.1. The lowest BCUT2D eigenvalue weighted by Crippen LogP contribution is -2.43. The summed E-state index contributed by atoms with van der Waals surface area (Å²) in [4.78, 5) is 4.53. The molecule has 10 heteroatoms. The SMILES string of the molecule is CCNC(=NCCS(=O)(=O)N1CCc2ccccc21)NC(C)Cc1c(C)nn(C)c1C.I. The lowest BCUT2D eigenvalue weighted by Gasteiger charge is -2.20. The van der Waals surface area contributed by atoms with Crippen molar-refractivity contribution >= 4 is 45.6 Å². The van der Waals surface area contributed by atoms with Crippen molar-refractivity contribution in [3.05, 3.63) is 46.8 Å². The second-order valence-electron chi connectivity index (χ2n) is 8.05. The molecule has 0 aliphatic carbocycles. The molecule has 178 valence electrons. The van der Waals surface area contributed by atoms with Crippen LogP contribution in [0.15, 0.2) is 29.3 Å². The molecule has 1 aromatic carbocycles. The number of aromatic nitrogens is 2. The fourth-order valence-electron chi connectivity index (χ4n) is 4.00. The van der Waals surface area contributed by atoms with Gasteiger partial charge in [0.1, 0.15) is 0 Å². The van der Waals surface area contributed by atoms with E-state index in [0.717, 1.165) is 35.5 Å². The number of aliphatic imine (C=N–C) groups is 1. The smallest absolute Gasteiger partial charge is 0.237 e. The summed E-state index contributed by atoms with van der Waals surface area (Å²) in [6.07, 6.45) is 1.58. The Kier molecular flexibility index (Phi) is 9.38. The van der Waals surface area contributed by atoms with Gasteiger partial charge < -0.3 is 10.6 Å². The van der Waals surface area contributed by atoms with Gasteiger partial charge in [0.25, 0.3) is 0 Å². The predicted octanol–water partition coefficient (Wildman–Crippen LogP) is 2.53. The molecule has 0 saturated carbocycles. The zero-order valence-electron chi connectivity index (χ0n) is 19.6. The summed E-state index contributed by atoms with van der Waals surface area (Å²) in [6.45, 7) is 9.60. The van der Waals surface area contributed by atoms with Crippen LogP contribution in [-0.2, 0) is 29.9 Å². The number of halogens is 1. The first kappa shape index (κ1) is 26.4. The molecule has 1 atom stereocenters. The molecule has 1 aliphatic heterocycles. The van der Waals surface area contributed by atoms with Crippen molar-refractivity contribution < 1.29 is 8.42 Å². The summed E-state index contributed by atoms with van der Waals surface area (Å²) in [6, 6.07) is 7.82. The van der Waals surface area contributed by atoms with Crippen LogP contribution in [0.3, 0.4) is 0 Å². The number of hydrogen-bond acceptors (Lipinski definition) is 4. The number of anilines is 1. The number of fused-ring (bicyclic) bond motifs is 1. The van der Waals surface area contributed by atoms with Gasteiger partial charge in [-0.25, -0.2) is 8.42 Å². The molecule has 1 aliphatic rings. The van der Waals surface area contributed by atoms with Crippen LogP contribution in [0, 0.1) is 13.8 Å². The van der Waals surface area contributed by atoms with Crippen molar-refractivity contribution in [3.63, 3.8) is 0 Å². The number of sulfonamides is 1. The fraction of sp³-hybridized carbons (Fsp3) is 0.545. The Balaban J connectivity index is 0.00000363. The lowest BCUT2D eigenvalue weighted by molar-refractivity contribution is 0.592. The van der Waals surface area contributed by atoms with Crippen LogP contribution in [0.1, 0.15) is 36.4 Å². The second-order valence-corrected chi connectivity index (χ2v) is 10.1. The summed E-state index contributed by atoms with van der Waals surface area (Å²) in [5.41, 5.74) is 5.30. The highest BCUT2D eigenvalue weighted by Gasteiger charge is 2.28. The molecule has 2 N–H and O–H groups in total. The molecular weight excluding hydrogens is 539 g/mol. The molecule has 0 spiro atoms. The molecule has 1 aromatic heterocycles. The molecule has 8 nitrogen and oxygen atoms in total. The van der Waals surface area contributed by atoms with Crippen LogP contribution >= 0.6 is 24.0 Å². The van der Waals surface area contributed by atoms with Crippen LogP contribution in [0.4, 0.5) is 5.69 Å².